The van der Waals surface area contributed by atoms with Crippen molar-refractivity contribution < 1.29 is 18.3 Å². The Labute approximate surface area is 125 Å². The first kappa shape index (κ1) is 14.6. The maximum atomic E-state index is 12.8. The number of halogens is 3. The number of phenolic OH excluding ortho intramolecular Hbond substituents is 1. The highest BCUT2D eigenvalue weighted by Crippen LogP contribution is 2.37. The maximum Gasteiger partial charge on any atom is 0.416 e. The number of benzene rings is 2. The Morgan fingerprint density at radius 1 is 1.09 bits per heavy atom. The van der Waals surface area contributed by atoms with Gasteiger partial charge in [0.05, 0.1) is 11.6 Å². The quantitative estimate of drug-likeness (QED) is 0.721. The molecule has 116 valence electrons. The van der Waals surface area contributed by atoms with E-state index in [-0.39, 0.29) is 11.8 Å². The van der Waals surface area contributed by atoms with Gasteiger partial charge in [-0.25, -0.2) is 0 Å². The van der Waals surface area contributed by atoms with Crippen LogP contribution in [0.4, 0.5) is 24.5 Å². The van der Waals surface area contributed by atoms with E-state index in [0.717, 1.165) is 29.8 Å². The highest BCUT2D eigenvalue weighted by molar-refractivity contribution is 5.60. The summed E-state index contributed by atoms with van der Waals surface area (Å²) in [6.07, 6.45) is -3.58. The van der Waals surface area contributed by atoms with E-state index in [9.17, 15) is 18.3 Å². The van der Waals surface area contributed by atoms with E-state index in [1.807, 2.05) is 0 Å². The van der Waals surface area contributed by atoms with E-state index in [2.05, 4.69) is 10.6 Å². The third kappa shape index (κ3) is 2.95. The minimum atomic E-state index is -4.34. The van der Waals surface area contributed by atoms with Crippen LogP contribution in [0, 0.1) is 0 Å². The third-order valence-corrected chi connectivity index (χ3v) is 3.71. The predicted molar refractivity (Wildman–Crippen MR) is 79.0 cm³/mol. The first-order valence-electron chi connectivity index (χ1n) is 6.94. The van der Waals surface area contributed by atoms with Gasteiger partial charge in [0.15, 0.2) is 0 Å². The minimum absolute atomic E-state index is 0.0666. The lowest BCUT2D eigenvalue weighted by Crippen LogP contribution is -2.23. The molecule has 3 N–H and O–H groups in total. The van der Waals surface area contributed by atoms with E-state index in [1.165, 1.54) is 6.07 Å². The van der Waals surface area contributed by atoms with Crippen molar-refractivity contribution in [2.45, 2.75) is 18.6 Å². The normalized spacial score (nSPS) is 17.5. The molecule has 0 amide bonds. The second-order valence-corrected chi connectivity index (χ2v) is 5.26. The van der Waals surface area contributed by atoms with Crippen molar-refractivity contribution in [2.75, 3.05) is 17.2 Å². The fraction of sp³-hybridized carbons (Fsp3) is 0.250. The number of phenols is 1. The zero-order chi connectivity index (χ0) is 15.7. The van der Waals surface area contributed by atoms with Crippen molar-refractivity contribution >= 4 is 11.4 Å². The standard InChI is InChI=1S/C16H15F3N2O/c17-16(18,19)10-1-6-13-14(7-8-20-15(13)9-10)21-11-2-4-12(22)5-3-11/h1-6,9,14,20-22H,7-8H2. The van der Waals surface area contributed by atoms with Crippen LogP contribution in [0.5, 0.6) is 5.75 Å². The molecule has 1 unspecified atom stereocenters. The summed E-state index contributed by atoms with van der Waals surface area (Å²) in [6.45, 7) is 0.601. The molecule has 0 aliphatic carbocycles. The van der Waals surface area contributed by atoms with Crippen LogP contribution in [-0.2, 0) is 6.18 Å². The van der Waals surface area contributed by atoms with Crippen LogP contribution in [0.2, 0.25) is 0 Å². The summed E-state index contributed by atoms with van der Waals surface area (Å²) in [4.78, 5) is 0. The average Bonchev–Trinajstić information content (AvgIpc) is 2.48. The Hall–Kier alpha value is -2.37. The van der Waals surface area contributed by atoms with Crippen molar-refractivity contribution in [3.63, 3.8) is 0 Å². The lowest BCUT2D eigenvalue weighted by atomic mass is 9.96. The molecule has 0 bridgehead atoms. The number of fused-ring (bicyclic) bond motifs is 1. The zero-order valence-corrected chi connectivity index (χ0v) is 11.6. The van der Waals surface area contributed by atoms with E-state index in [1.54, 1.807) is 24.3 Å². The molecule has 2 aromatic carbocycles. The van der Waals surface area contributed by atoms with Crippen molar-refractivity contribution in [1.82, 2.24) is 0 Å². The highest BCUT2D eigenvalue weighted by atomic mass is 19.4. The SMILES string of the molecule is Oc1ccc(NC2CCNc3cc(C(F)(F)F)ccc32)cc1. The Morgan fingerprint density at radius 3 is 2.50 bits per heavy atom. The summed E-state index contributed by atoms with van der Waals surface area (Å²) in [5.41, 5.74) is 1.49. The summed E-state index contributed by atoms with van der Waals surface area (Å²) in [5.74, 6) is 0.172. The molecule has 0 spiro atoms. The van der Waals surface area contributed by atoms with Crippen LogP contribution in [0.25, 0.3) is 0 Å². The van der Waals surface area contributed by atoms with Crippen molar-refractivity contribution in [2.24, 2.45) is 0 Å². The summed E-state index contributed by atoms with van der Waals surface area (Å²) >= 11 is 0. The van der Waals surface area contributed by atoms with E-state index in [4.69, 9.17) is 0 Å². The largest absolute Gasteiger partial charge is 0.508 e. The van der Waals surface area contributed by atoms with Gasteiger partial charge in [0.1, 0.15) is 5.75 Å². The van der Waals surface area contributed by atoms with Gasteiger partial charge >= 0.3 is 6.18 Å². The van der Waals surface area contributed by atoms with Crippen LogP contribution in [0.1, 0.15) is 23.6 Å². The molecule has 3 rings (SSSR count). The number of hydrogen-bond acceptors (Lipinski definition) is 3. The maximum absolute atomic E-state index is 12.8. The molecule has 3 nitrogen and oxygen atoms in total. The van der Waals surface area contributed by atoms with Gasteiger partial charge in [-0.1, -0.05) is 6.07 Å². The number of alkyl halides is 3. The molecule has 0 saturated carbocycles. The Bertz CT molecular complexity index is 668. The van der Waals surface area contributed by atoms with Gasteiger partial charge in [-0.3, -0.25) is 0 Å². The van der Waals surface area contributed by atoms with Gasteiger partial charge in [0.25, 0.3) is 0 Å². The molecule has 1 atom stereocenters. The first-order chi connectivity index (χ1) is 10.4. The Morgan fingerprint density at radius 2 is 1.82 bits per heavy atom. The second kappa shape index (κ2) is 5.44. The van der Waals surface area contributed by atoms with E-state index in [0.29, 0.717) is 12.2 Å². The fourth-order valence-electron chi connectivity index (χ4n) is 2.60. The predicted octanol–water partition coefficient (Wildman–Crippen LogP) is 4.38. The molecule has 1 heterocycles. The molecule has 1 aliphatic rings. The summed E-state index contributed by atoms with van der Waals surface area (Å²) in [6, 6.07) is 10.3. The molecule has 0 fully saturated rings. The average molecular weight is 308 g/mol. The zero-order valence-electron chi connectivity index (χ0n) is 11.6. The molecule has 0 radical (unpaired) electrons. The molecule has 0 aromatic heterocycles. The number of nitrogens with one attached hydrogen (secondary N) is 2. The molecule has 6 heteroatoms. The monoisotopic (exact) mass is 308 g/mol. The summed E-state index contributed by atoms with van der Waals surface area (Å²) in [5, 5.41) is 15.6. The second-order valence-electron chi connectivity index (χ2n) is 5.26. The summed E-state index contributed by atoms with van der Waals surface area (Å²) in [7, 11) is 0. The summed E-state index contributed by atoms with van der Waals surface area (Å²) < 4.78 is 38.3. The van der Waals surface area contributed by atoms with Gasteiger partial charge in [-0.2, -0.15) is 13.2 Å². The molecule has 1 aliphatic heterocycles. The molecular weight excluding hydrogens is 293 g/mol. The fourth-order valence-corrected chi connectivity index (χ4v) is 2.60. The van der Waals surface area contributed by atoms with Crippen molar-refractivity contribution in [3.8, 4) is 5.75 Å². The van der Waals surface area contributed by atoms with Crippen molar-refractivity contribution in [1.29, 1.82) is 0 Å². The highest BCUT2D eigenvalue weighted by Gasteiger charge is 2.32. The van der Waals surface area contributed by atoms with Crippen LogP contribution in [0.15, 0.2) is 42.5 Å². The number of rotatable bonds is 2. The Kier molecular flexibility index (Phi) is 3.60. The topological polar surface area (TPSA) is 44.3 Å². The van der Waals surface area contributed by atoms with Crippen LogP contribution in [0.3, 0.4) is 0 Å². The number of hydrogen-bond donors (Lipinski definition) is 3. The van der Waals surface area contributed by atoms with Gasteiger partial charge in [-0.05, 0) is 48.4 Å². The van der Waals surface area contributed by atoms with Gasteiger partial charge in [0, 0.05) is 17.9 Å². The van der Waals surface area contributed by atoms with Crippen LogP contribution in [-0.4, -0.2) is 11.7 Å². The molecule has 2 aromatic rings. The first-order valence-corrected chi connectivity index (χ1v) is 6.94. The van der Waals surface area contributed by atoms with Crippen LogP contribution < -0.4 is 10.6 Å². The third-order valence-electron chi connectivity index (χ3n) is 3.71. The van der Waals surface area contributed by atoms with Gasteiger partial charge in [0.2, 0.25) is 0 Å². The van der Waals surface area contributed by atoms with Gasteiger partial charge in [-0.15, -0.1) is 0 Å². The molecule has 0 saturated heterocycles. The molecule has 22 heavy (non-hydrogen) atoms. The van der Waals surface area contributed by atoms with E-state index >= 15 is 0 Å². The lowest BCUT2D eigenvalue weighted by molar-refractivity contribution is -0.137. The number of anilines is 2. The van der Waals surface area contributed by atoms with E-state index < -0.39 is 11.7 Å². The molecular formula is C16H15F3N2O. The van der Waals surface area contributed by atoms with Gasteiger partial charge < -0.3 is 15.7 Å². The van der Waals surface area contributed by atoms with Crippen molar-refractivity contribution in [3.05, 3.63) is 53.6 Å². The smallest absolute Gasteiger partial charge is 0.416 e. The minimum Gasteiger partial charge on any atom is -0.508 e. The Balaban J connectivity index is 1.86. The number of aromatic hydroxyl groups is 1. The lowest BCUT2D eigenvalue weighted by Gasteiger charge is -2.29. The van der Waals surface area contributed by atoms with Crippen LogP contribution >= 0.6 is 0 Å².